The van der Waals surface area contributed by atoms with Crippen LogP contribution in [0.2, 0.25) is 0 Å². The molecule has 24 heavy (non-hydrogen) atoms. The quantitative estimate of drug-likeness (QED) is 0.438. The highest BCUT2D eigenvalue weighted by atomic mass is 32.2. The molecule has 0 unspecified atom stereocenters. The van der Waals surface area contributed by atoms with E-state index in [9.17, 15) is 9.59 Å². The van der Waals surface area contributed by atoms with Gasteiger partial charge in [-0.05, 0) is 36.5 Å². The molecule has 0 heterocycles. The standard InChI is InChI=1S/C20H28O3S/c1-3-5-6-15(4-2)14-23-20(22)11-12-24-17-8-9-18-16(13-17)7-10-19(18)21/h8-9,13,15H,3-7,10-12,14H2,1-2H3/t15-/m1/s1. The van der Waals surface area contributed by atoms with Crippen LogP contribution in [0.15, 0.2) is 23.1 Å². The molecule has 3 nitrogen and oxygen atoms in total. The first-order valence-electron chi connectivity index (χ1n) is 9.08. The van der Waals surface area contributed by atoms with Gasteiger partial charge in [-0.2, -0.15) is 0 Å². The number of fused-ring (bicyclic) bond motifs is 1. The second kappa shape index (κ2) is 9.87. The molecule has 0 aromatic heterocycles. The second-order valence-corrected chi connectivity index (χ2v) is 7.61. The highest BCUT2D eigenvalue weighted by Gasteiger charge is 2.19. The summed E-state index contributed by atoms with van der Waals surface area (Å²) >= 11 is 1.66. The number of thioether (sulfide) groups is 1. The van der Waals surface area contributed by atoms with Gasteiger partial charge in [0.05, 0.1) is 13.0 Å². The van der Waals surface area contributed by atoms with Crippen molar-refractivity contribution in [1.29, 1.82) is 0 Å². The highest BCUT2D eigenvalue weighted by molar-refractivity contribution is 7.99. The Morgan fingerprint density at radius 3 is 2.88 bits per heavy atom. The summed E-state index contributed by atoms with van der Waals surface area (Å²) in [6, 6.07) is 5.99. The van der Waals surface area contributed by atoms with Crippen LogP contribution in [-0.2, 0) is 16.0 Å². The highest BCUT2D eigenvalue weighted by Crippen LogP contribution is 2.28. The maximum absolute atomic E-state index is 11.9. The number of aryl methyl sites for hydroxylation is 1. The fourth-order valence-corrected chi connectivity index (χ4v) is 3.85. The summed E-state index contributed by atoms with van der Waals surface area (Å²) < 4.78 is 5.42. The minimum Gasteiger partial charge on any atom is -0.465 e. The van der Waals surface area contributed by atoms with Gasteiger partial charge >= 0.3 is 5.97 Å². The first kappa shape index (κ1) is 19.0. The summed E-state index contributed by atoms with van der Waals surface area (Å²) in [5.74, 6) is 1.36. The van der Waals surface area contributed by atoms with Gasteiger partial charge in [-0.25, -0.2) is 0 Å². The van der Waals surface area contributed by atoms with Crippen molar-refractivity contribution in [2.24, 2.45) is 5.92 Å². The smallest absolute Gasteiger partial charge is 0.306 e. The number of hydrogen-bond acceptors (Lipinski definition) is 4. The Bertz CT molecular complexity index is 568. The molecular formula is C20H28O3S. The summed E-state index contributed by atoms with van der Waals surface area (Å²) in [5.41, 5.74) is 2.02. The number of ether oxygens (including phenoxy) is 1. The van der Waals surface area contributed by atoms with E-state index in [0.717, 1.165) is 41.0 Å². The molecule has 4 heteroatoms. The number of ketones is 1. The van der Waals surface area contributed by atoms with Crippen LogP contribution in [-0.4, -0.2) is 24.1 Å². The van der Waals surface area contributed by atoms with E-state index >= 15 is 0 Å². The van der Waals surface area contributed by atoms with Crippen LogP contribution in [0.5, 0.6) is 0 Å². The number of Topliss-reactive ketones (excluding diaryl/α,β-unsaturated/α-hetero) is 1. The van der Waals surface area contributed by atoms with Gasteiger partial charge in [0.2, 0.25) is 0 Å². The Morgan fingerprint density at radius 2 is 2.12 bits per heavy atom. The average molecular weight is 349 g/mol. The zero-order chi connectivity index (χ0) is 17.4. The van der Waals surface area contributed by atoms with Crippen molar-refractivity contribution in [2.45, 2.75) is 63.7 Å². The third-order valence-corrected chi connectivity index (χ3v) is 5.59. The molecule has 1 aromatic rings. The van der Waals surface area contributed by atoms with Crippen LogP contribution in [0, 0.1) is 5.92 Å². The zero-order valence-electron chi connectivity index (χ0n) is 14.8. The fourth-order valence-electron chi connectivity index (χ4n) is 2.95. The van der Waals surface area contributed by atoms with Gasteiger partial charge in [0.25, 0.3) is 0 Å². The molecule has 0 bridgehead atoms. The SMILES string of the molecule is CCCC[C@@H](CC)COC(=O)CCSc1ccc2c(c1)CCC2=O. The molecule has 1 aromatic carbocycles. The molecule has 0 fully saturated rings. The lowest BCUT2D eigenvalue weighted by Crippen LogP contribution is -2.14. The molecule has 0 saturated carbocycles. The summed E-state index contributed by atoms with van der Waals surface area (Å²) in [5, 5.41) is 0. The molecule has 132 valence electrons. The van der Waals surface area contributed by atoms with Gasteiger partial charge in [0.15, 0.2) is 5.78 Å². The molecule has 0 N–H and O–H groups in total. The Hall–Kier alpha value is -1.29. The number of esters is 1. The van der Waals surface area contributed by atoms with Gasteiger partial charge in [0, 0.05) is 22.6 Å². The second-order valence-electron chi connectivity index (χ2n) is 6.44. The first-order valence-corrected chi connectivity index (χ1v) is 10.1. The molecule has 1 aliphatic carbocycles. The summed E-state index contributed by atoms with van der Waals surface area (Å²) in [4.78, 5) is 24.6. The number of benzene rings is 1. The third kappa shape index (κ3) is 5.66. The maximum atomic E-state index is 11.9. The van der Waals surface area contributed by atoms with Crippen molar-refractivity contribution in [2.75, 3.05) is 12.4 Å². The number of unbranched alkanes of at least 4 members (excludes halogenated alkanes) is 1. The minimum atomic E-state index is -0.103. The molecule has 0 spiro atoms. The van der Waals surface area contributed by atoms with Gasteiger partial charge in [-0.1, -0.05) is 39.2 Å². The molecule has 0 aliphatic heterocycles. The fraction of sp³-hybridized carbons (Fsp3) is 0.600. The predicted molar refractivity (Wildman–Crippen MR) is 98.7 cm³/mol. The van der Waals surface area contributed by atoms with Crippen molar-refractivity contribution >= 4 is 23.5 Å². The molecule has 0 saturated heterocycles. The number of carbonyl (C=O) groups excluding carboxylic acids is 2. The topological polar surface area (TPSA) is 43.4 Å². The van der Waals surface area contributed by atoms with Crippen LogP contribution < -0.4 is 0 Å². The van der Waals surface area contributed by atoms with Crippen LogP contribution in [0.3, 0.4) is 0 Å². The van der Waals surface area contributed by atoms with E-state index < -0.39 is 0 Å². The Morgan fingerprint density at radius 1 is 1.29 bits per heavy atom. The number of rotatable bonds is 10. The molecule has 0 radical (unpaired) electrons. The first-order chi connectivity index (χ1) is 11.6. The van der Waals surface area contributed by atoms with Gasteiger partial charge in [-0.3, -0.25) is 9.59 Å². The third-order valence-electron chi connectivity index (χ3n) is 4.60. The average Bonchev–Trinajstić information content (AvgIpc) is 2.96. The maximum Gasteiger partial charge on any atom is 0.306 e. The summed E-state index contributed by atoms with van der Waals surface area (Å²) in [7, 11) is 0. The molecule has 1 aliphatic rings. The molecular weight excluding hydrogens is 320 g/mol. The Kier molecular flexibility index (Phi) is 7.83. The normalized spacial score (nSPS) is 14.5. The van der Waals surface area contributed by atoms with Crippen LogP contribution in [0.1, 0.15) is 68.3 Å². The molecule has 2 rings (SSSR count). The van der Waals surface area contributed by atoms with E-state index in [1.54, 1.807) is 11.8 Å². The Labute approximate surface area is 149 Å². The van der Waals surface area contributed by atoms with Crippen molar-refractivity contribution in [3.63, 3.8) is 0 Å². The van der Waals surface area contributed by atoms with E-state index in [-0.39, 0.29) is 11.8 Å². The zero-order valence-corrected chi connectivity index (χ0v) is 15.6. The van der Waals surface area contributed by atoms with Gasteiger partial charge < -0.3 is 4.74 Å². The largest absolute Gasteiger partial charge is 0.465 e. The van der Waals surface area contributed by atoms with Crippen LogP contribution >= 0.6 is 11.8 Å². The van der Waals surface area contributed by atoms with Gasteiger partial charge in [0.1, 0.15) is 0 Å². The van der Waals surface area contributed by atoms with Crippen LogP contribution in [0.4, 0.5) is 0 Å². The molecule has 0 amide bonds. The van der Waals surface area contributed by atoms with Crippen molar-refractivity contribution in [3.05, 3.63) is 29.3 Å². The van der Waals surface area contributed by atoms with E-state index in [4.69, 9.17) is 4.74 Å². The van der Waals surface area contributed by atoms with Crippen molar-refractivity contribution in [3.8, 4) is 0 Å². The lowest BCUT2D eigenvalue weighted by atomic mass is 10.0. The monoisotopic (exact) mass is 348 g/mol. The predicted octanol–water partition coefficient (Wildman–Crippen LogP) is 5.06. The van der Waals surface area contributed by atoms with E-state index in [0.29, 0.717) is 25.4 Å². The van der Waals surface area contributed by atoms with Gasteiger partial charge in [-0.15, -0.1) is 11.8 Å². The lowest BCUT2D eigenvalue weighted by Gasteiger charge is -2.14. The number of hydrogen-bond donors (Lipinski definition) is 0. The summed E-state index contributed by atoms with van der Waals surface area (Å²) in [6.07, 6.45) is 6.51. The van der Waals surface area contributed by atoms with Crippen LogP contribution in [0.25, 0.3) is 0 Å². The van der Waals surface area contributed by atoms with E-state index in [2.05, 4.69) is 19.9 Å². The molecule has 1 atom stereocenters. The van der Waals surface area contributed by atoms with Crippen molar-refractivity contribution < 1.29 is 14.3 Å². The summed E-state index contributed by atoms with van der Waals surface area (Å²) in [6.45, 7) is 4.90. The lowest BCUT2D eigenvalue weighted by molar-refractivity contribution is -0.144. The van der Waals surface area contributed by atoms with Crippen molar-refractivity contribution in [1.82, 2.24) is 0 Å². The van der Waals surface area contributed by atoms with E-state index in [1.807, 2.05) is 12.1 Å². The number of carbonyl (C=O) groups is 2. The Balaban J connectivity index is 1.68. The minimum absolute atomic E-state index is 0.103. The van der Waals surface area contributed by atoms with E-state index in [1.165, 1.54) is 12.8 Å².